The number of imide groups is 1. The van der Waals surface area contributed by atoms with Crippen LogP contribution in [0.2, 0.25) is 5.02 Å². The Morgan fingerprint density at radius 1 is 1.07 bits per heavy atom. The summed E-state index contributed by atoms with van der Waals surface area (Å²) in [4.78, 5) is 51.8. The molecular formula is C20H15Cl2NO5. The minimum atomic E-state index is -2.02. The van der Waals surface area contributed by atoms with Crippen LogP contribution in [0.4, 0.5) is 0 Å². The van der Waals surface area contributed by atoms with Crippen LogP contribution in [0.3, 0.4) is 0 Å². The van der Waals surface area contributed by atoms with Crippen LogP contribution in [-0.2, 0) is 31.1 Å². The second-order valence-corrected chi connectivity index (χ2v) is 7.16. The quantitative estimate of drug-likeness (QED) is 0.322. The first-order valence-electron chi connectivity index (χ1n) is 8.28. The highest BCUT2D eigenvalue weighted by Gasteiger charge is 2.57. The lowest BCUT2D eigenvalue weighted by Crippen LogP contribution is -2.58. The van der Waals surface area contributed by atoms with Crippen molar-refractivity contribution in [2.45, 2.75) is 18.4 Å². The number of amides is 2. The number of halogens is 2. The summed E-state index contributed by atoms with van der Waals surface area (Å²) < 4.78 is 4.84. The van der Waals surface area contributed by atoms with Crippen LogP contribution >= 0.6 is 23.2 Å². The van der Waals surface area contributed by atoms with Crippen molar-refractivity contribution < 1.29 is 23.9 Å². The lowest BCUT2D eigenvalue weighted by Gasteiger charge is -2.39. The molecule has 2 amide bonds. The molecule has 3 rings (SSSR count). The zero-order valence-corrected chi connectivity index (χ0v) is 16.3. The van der Waals surface area contributed by atoms with Crippen LogP contribution in [0, 0.1) is 0 Å². The first-order chi connectivity index (χ1) is 13.3. The fourth-order valence-electron chi connectivity index (χ4n) is 3.36. The maximum atomic E-state index is 13.4. The van der Waals surface area contributed by atoms with E-state index >= 15 is 0 Å². The number of carbonyl (C=O) groups excluding carboxylic acids is 4. The summed E-state index contributed by atoms with van der Waals surface area (Å²) >= 11 is 11.5. The summed E-state index contributed by atoms with van der Waals surface area (Å²) in [5.74, 6) is -2.38. The normalized spacial score (nSPS) is 18.6. The number of benzene rings is 2. The van der Waals surface area contributed by atoms with Gasteiger partial charge in [0, 0.05) is 10.6 Å². The number of rotatable bonds is 5. The fraction of sp³-hybridized carbons (Fsp3) is 0.200. The SMILES string of the molecule is COC(=O)C1(CC(=O)Cl)C(=O)N(Cc2ccc(Cl)cc2)C(=O)c2ccccc21. The van der Waals surface area contributed by atoms with E-state index in [-0.39, 0.29) is 17.7 Å². The highest BCUT2D eigenvalue weighted by molar-refractivity contribution is 6.64. The predicted molar refractivity (Wildman–Crippen MR) is 102 cm³/mol. The van der Waals surface area contributed by atoms with Crippen molar-refractivity contribution in [3.05, 3.63) is 70.2 Å². The summed E-state index contributed by atoms with van der Waals surface area (Å²) in [6.07, 6.45) is -0.624. The lowest BCUT2D eigenvalue weighted by atomic mass is 9.71. The van der Waals surface area contributed by atoms with Crippen LogP contribution in [-0.4, -0.2) is 35.0 Å². The maximum absolute atomic E-state index is 13.4. The highest BCUT2D eigenvalue weighted by atomic mass is 35.5. The van der Waals surface area contributed by atoms with E-state index < -0.39 is 34.9 Å². The number of ether oxygens (including phenoxy) is 1. The molecule has 2 aromatic rings. The second-order valence-electron chi connectivity index (χ2n) is 6.30. The van der Waals surface area contributed by atoms with Gasteiger partial charge in [-0.05, 0) is 40.9 Å². The van der Waals surface area contributed by atoms with Gasteiger partial charge >= 0.3 is 5.97 Å². The number of methoxy groups -OCH3 is 1. The zero-order valence-electron chi connectivity index (χ0n) is 14.8. The molecule has 0 saturated heterocycles. The van der Waals surface area contributed by atoms with Crippen LogP contribution in [0.25, 0.3) is 0 Å². The minimum absolute atomic E-state index is 0.0988. The smallest absolute Gasteiger partial charge is 0.326 e. The molecule has 28 heavy (non-hydrogen) atoms. The van der Waals surface area contributed by atoms with Gasteiger partial charge in [-0.2, -0.15) is 0 Å². The number of hydrogen-bond donors (Lipinski definition) is 0. The molecule has 1 aliphatic heterocycles. The molecule has 1 heterocycles. The molecule has 1 aliphatic rings. The molecule has 2 aromatic carbocycles. The Morgan fingerprint density at radius 2 is 1.71 bits per heavy atom. The average molecular weight is 420 g/mol. The van der Waals surface area contributed by atoms with Crippen molar-refractivity contribution in [1.82, 2.24) is 4.90 Å². The van der Waals surface area contributed by atoms with Crippen molar-refractivity contribution in [3.8, 4) is 0 Å². The van der Waals surface area contributed by atoms with E-state index in [0.717, 1.165) is 12.0 Å². The molecule has 1 atom stereocenters. The number of esters is 1. The predicted octanol–water partition coefficient (Wildman–Crippen LogP) is 3.09. The largest absolute Gasteiger partial charge is 0.468 e. The minimum Gasteiger partial charge on any atom is -0.468 e. The van der Waals surface area contributed by atoms with E-state index in [2.05, 4.69) is 0 Å². The summed E-state index contributed by atoms with van der Waals surface area (Å²) in [6.45, 7) is -0.0988. The molecule has 0 aromatic heterocycles. The number of nitrogens with zero attached hydrogens (tertiary/aromatic N) is 1. The van der Waals surface area contributed by atoms with Crippen molar-refractivity contribution in [2.75, 3.05) is 7.11 Å². The zero-order chi connectivity index (χ0) is 20.5. The Morgan fingerprint density at radius 3 is 2.32 bits per heavy atom. The first-order valence-corrected chi connectivity index (χ1v) is 9.04. The van der Waals surface area contributed by atoms with Crippen LogP contribution in [0.5, 0.6) is 0 Å². The Balaban J connectivity index is 2.18. The van der Waals surface area contributed by atoms with E-state index in [1.165, 1.54) is 12.1 Å². The van der Waals surface area contributed by atoms with Gasteiger partial charge in [0.25, 0.3) is 11.8 Å². The number of carbonyl (C=O) groups is 4. The van der Waals surface area contributed by atoms with E-state index in [1.54, 1.807) is 36.4 Å². The van der Waals surface area contributed by atoms with Gasteiger partial charge in [-0.15, -0.1) is 0 Å². The van der Waals surface area contributed by atoms with Gasteiger partial charge in [0.15, 0.2) is 5.41 Å². The molecule has 0 aliphatic carbocycles. The topological polar surface area (TPSA) is 80.8 Å². The van der Waals surface area contributed by atoms with E-state index in [0.29, 0.717) is 10.6 Å². The molecule has 1 unspecified atom stereocenters. The molecule has 0 spiro atoms. The number of fused-ring (bicyclic) bond motifs is 1. The highest BCUT2D eigenvalue weighted by Crippen LogP contribution is 2.40. The van der Waals surface area contributed by atoms with Crippen LogP contribution in [0.1, 0.15) is 27.9 Å². The van der Waals surface area contributed by atoms with Crippen molar-refractivity contribution in [1.29, 1.82) is 0 Å². The molecule has 144 valence electrons. The first kappa shape index (κ1) is 20.0. The van der Waals surface area contributed by atoms with Gasteiger partial charge in [0.2, 0.25) is 5.24 Å². The molecule has 0 radical (unpaired) electrons. The van der Waals surface area contributed by atoms with Gasteiger partial charge in [-0.3, -0.25) is 24.1 Å². The molecule has 0 bridgehead atoms. The summed E-state index contributed by atoms with van der Waals surface area (Å²) in [6, 6.07) is 12.7. The third-order valence-corrected chi connectivity index (χ3v) is 5.05. The monoisotopic (exact) mass is 419 g/mol. The molecular weight excluding hydrogens is 405 g/mol. The molecule has 0 saturated carbocycles. The van der Waals surface area contributed by atoms with Crippen molar-refractivity contribution in [2.24, 2.45) is 0 Å². The maximum Gasteiger partial charge on any atom is 0.326 e. The average Bonchev–Trinajstić information content (AvgIpc) is 2.69. The van der Waals surface area contributed by atoms with Gasteiger partial charge in [0.05, 0.1) is 20.1 Å². The van der Waals surface area contributed by atoms with E-state index in [1.807, 2.05) is 0 Å². The second kappa shape index (κ2) is 7.73. The molecule has 6 nitrogen and oxygen atoms in total. The van der Waals surface area contributed by atoms with Gasteiger partial charge in [-0.25, -0.2) is 0 Å². The Labute approximate surface area is 171 Å². The Bertz CT molecular complexity index is 973. The summed E-state index contributed by atoms with van der Waals surface area (Å²) in [5, 5.41) is -0.392. The lowest BCUT2D eigenvalue weighted by molar-refractivity contribution is -0.157. The van der Waals surface area contributed by atoms with Crippen LogP contribution < -0.4 is 0 Å². The van der Waals surface area contributed by atoms with E-state index in [4.69, 9.17) is 27.9 Å². The third kappa shape index (κ3) is 3.30. The van der Waals surface area contributed by atoms with Gasteiger partial charge in [-0.1, -0.05) is 41.9 Å². The standard InChI is InChI=1S/C20H15Cl2NO5/c1-28-19(27)20(10-16(22)24)15-5-3-2-4-14(15)17(25)23(18(20)26)11-12-6-8-13(21)9-7-12/h2-9H,10-11H2,1H3. The number of hydrogen-bond acceptors (Lipinski definition) is 5. The summed E-state index contributed by atoms with van der Waals surface area (Å²) in [5.41, 5.74) is -1.15. The van der Waals surface area contributed by atoms with Gasteiger partial charge < -0.3 is 4.74 Å². The molecule has 8 heteroatoms. The Hall–Kier alpha value is -2.70. The molecule has 0 N–H and O–H groups in total. The fourth-order valence-corrected chi connectivity index (χ4v) is 3.69. The summed E-state index contributed by atoms with van der Waals surface area (Å²) in [7, 11) is 1.11. The molecule has 0 fully saturated rings. The van der Waals surface area contributed by atoms with Crippen molar-refractivity contribution in [3.63, 3.8) is 0 Å². The van der Waals surface area contributed by atoms with Gasteiger partial charge in [0.1, 0.15) is 0 Å². The Kier molecular flexibility index (Phi) is 5.54. The van der Waals surface area contributed by atoms with Crippen LogP contribution in [0.15, 0.2) is 48.5 Å². The van der Waals surface area contributed by atoms with Crippen molar-refractivity contribution >= 4 is 46.2 Å². The third-order valence-electron chi connectivity index (χ3n) is 4.66. The van der Waals surface area contributed by atoms with E-state index in [9.17, 15) is 19.2 Å².